The molecule has 0 atom stereocenters. The Morgan fingerprint density at radius 1 is 1.14 bits per heavy atom. The van der Waals surface area contributed by atoms with Gasteiger partial charge in [0.1, 0.15) is 0 Å². The zero-order valence-electron chi connectivity index (χ0n) is 12.4. The van der Waals surface area contributed by atoms with Gasteiger partial charge < -0.3 is 15.4 Å². The van der Waals surface area contributed by atoms with Crippen LogP contribution in [-0.4, -0.2) is 26.2 Å². The second kappa shape index (κ2) is 8.56. The molecule has 2 rings (SSSR count). The average Bonchev–Trinajstić information content (AvgIpc) is 2.49. The first kappa shape index (κ1) is 16.5. The Labute approximate surface area is 139 Å². The minimum atomic E-state index is -0.0295. The third-order valence-corrected chi connectivity index (χ3v) is 3.55. The van der Waals surface area contributed by atoms with Crippen LogP contribution in [0, 0.1) is 0 Å². The fourth-order valence-corrected chi connectivity index (χ4v) is 2.45. The van der Waals surface area contributed by atoms with Gasteiger partial charge in [0.05, 0.1) is 13.0 Å². The third kappa shape index (κ3) is 5.50. The van der Waals surface area contributed by atoms with Gasteiger partial charge in [-0.15, -0.1) is 0 Å². The molecule has 2 aromatic rings. The maximum atomic E-state index is 12.0. The van der Waals surface area contributed by atoms with Gasteiger partial charge in [0.25, 0.3) is 0 Å². The summed E-state index contributed by atoms with van der Waals surface area (Å²) in [6.07, 6.45) is 0.354. The van der Waals surface area contributed by atoms with Gasteiger partial charge in [-0.2, -0.15) is 0 Å². The van der Waals surface area contributed by atoms with Crippen molar-refractivity contribution < 1.29 is 9.53 Å². The van der Waals surface area contributed by atoms with Crippen molar-refractivity contribution in [2.24, 2.45) is 0 Å². The number of carbonyl (C=O) groups excluding carboxylic acids is 1. The van der Waals surface area contributed by atoms with Crippen molar-refractivity contribution in [2.45, 2.75) is 6.42 Å². The smallest absolute Gasteiger partial charge is 0.228 e. The number of benzene rings is 2. The summed E-state index contributed by atoms with van der Waals surface area (Å²) in [7, 11) is 1.67. The maximum Gasteiger partial charge on any atom is 0.228 e. The molecule has 0 aliphatic heterocycles. The van der Waals surface area contributed by atoms with Gasteiger partial charge in [0.2, 0.25) is 5.91 Å². The molecule has 0 saturated carbocycles. The van der Waals surface area contributed by atoms with Crippen molar-refractivity contribution in [3.63, 3.8) is 0 Å². The summed E-state index contributed by atoms with van der Waals surface area (Å²) in [5.41, 5.74) is 2.77. The maximum absolute atomic E-state index is 12.0. The first-order chi connectivity index (χ1) is 10.7. The van der Waals surface area contributed by atoms with Crippen molar-refractivity contribution in [3.8, 4) is 0 Å². The number of anilines is 2. The van der Waals surface area contributed by atoms with Gasteiger partial charge >= 0.3 is 0 Å². The van der Waals surface area contributed by atoms with Crippen LogP contribution in [-0.2, 0) is 16.0 Å². The van der Waals surface area contributed by atoms with E-state index in [1.54, 1.807) is 7.11 Å². The molecular weight excluding hydrogens is 344 g/mol. The highest BCUT2D eigenvalue weighted by Crippen LogP contribution is 2.15. The van der Waals surface area contributed by atoms with Gasteiger partial charge in [-0.25, -0.2) is 0 Å². The van der Waals surface area contributed by atoms with E-state index in [1.807, 2.05) is 48.5 Å². The molecule has 0 aromatic heterocycles. The van der Waals surface area contributed by atoms with E-state index in [2.05, 4.69) is 26.6 Å². The van der Waals surface area contributed by atoms with E-state index in [4.69, 9.17) is 4.74 Å². The summed E-state index contributed by atoms with van der Waals surface area (Å²) < 4.78 is 5.96. The Kier molecular flexibility index (Phi) is 6.43. The largest absolute Gasteiger partial charge is 0.383 e. The monoisotopic (exact) mass is 362 g/mol. The molecular formula is C17H19BrN2O2. The molecule has 0 unspecified atom stereocenters. The van der Waals surface area contributed by atoms with Crippen LogP contribution in [0.2, 0.25) is 0 Å². The van der Waals surface area contributed by atoms with Gasteiger partial charge in [-0.3, -0.25) is 4.79 Å². The van der Waals surface area contributed by atoms with Crippen LogP contribution >= 0.6 is 15.9 Å². The van der Waals surface area contributed by atoms with Crippen LogP contribution in [0.4, 0.5) is 11.4 Å². The van der Waals surface area contributed by atoms with Crippen LogP contribution in [0.5, 0.6) is 0 Å². The molecule has 1 amide bonds. The Morgan fingerprint density at radius 2 is 1.86 bits per heavy atom. The quantitative estimate of drug-likeness (QED) is 0.738. The molecule has 22 heavy (non-hydrogen) atoms. The fraction of sp³-hybridized carbons (Fsp3) is 0.235. The standard InChI is InChI=1S/C17H19BrN2O2/c1-22-10-9-19-15-5-7-16(8-6-15)20-17(21)12-13-3-2-4-14(18)11-13/h2-8,11,19H,9-10,12H2,1H3,(H,20,21). The summed E-state index contributed by atoms with van der Waals surface area (Å²) in [5.74, 6) is -0.0295. The van der Waals surface area contributed by atoms with Crippen molar-refractivity contribution in [1.29, 1.82) is 0 Å². The minimum Gasteiger partial charge on any atom is -0.383 e. The predicted molar refractivity (Wildman–Crippen MR) is 93.3 cm³/mol. The molecule has 0 radical (unpaired) electrons. The molecule has 116 valence electrons. The van der Waals surface area contributed by atoms with Gasteiger partial charge in [-0.05, 0) is 42.0 Å². The van der Waals surface area contributed by atoms with Crippen molar-refractivity contribution in [2.75, 3.05) is 30.9 Å². The predicted octanol–water partition coefficient (Wildman–Crippen LogP) is 3.69. The highest BCUT2D eigenvalue weighted by Gasteiger charge is 2.04. The lowest BCUT2D eigenvalue weighted by Crippen LogP contribution is -2.14. The number of amides is 1. The number of carbonyl (C=O) groups is 1. The molecule has 0 saturated heterocycles. The van der Waals surface area contributed by atoms with E-state index in [1.165, 1.54) is 0 Å². The van der Waals surface area contributed by atoms with E-state index in [-0.39, 0.29) is 5.91 Å². The SMILES string of the molecule is COCCNc1ccc(NC(=O)Cc2cccc(Br)c2)cc1. The van der Waals surface area contributed by atoms with Crippen molar-refractivity contribution in [3.05, 3.63) is 58.6 Å². The van der Waals surface area contributed by atoms with Crippen molar-refractivity contribution >= 4 is 33.2 Å². The lowest BCUT2D eigenvalue weighted by molar-refractivity contribution is -0.115. The molecule has 2 N–H and O–H groups in total. The third-order valence-electron chi connectivity index (χ3n) is 3.06. The number of hydrogen-bond acceptors (Lipinski definition) is 3. The Hall–Kier alpha value is -1.85. The lowest BCUT2D eigenvalue weighted by atomic mass is 10.1. The lowest BCUT2D eigenvalue weighted by Gasteiger charge is -2.08. The Morgan fingerprint density at radius 3 is 2.55 bits per heavy atom. The molecule has 5 heteroatoms. The summed E-state index contributed by atoms with van der Waals surface area (Å²) in [6, 6.07) is 15.4. The molecule has 0 aliphatic carbocycles. The summed E-state index contributed by atoms with van der Waals surface area (Å²) in [5, 5.41) is 6.13. The van der Waals surface area contributed by atoms with E-state index >= 15 is 0 Å². The number of methoxy groups -OCH3 is 1. The topological polar surface area (TPSA) is 50.4 Å². The molecule has 0 bridgehead atoms. The number of ether oxygens (including phenoxy) is 1. The zero-order chi connectivity index (χ0) is 15.8. The Balaban J connectivity index is 1.86. The summed E-state index contributed by atoms with van der Waals surface area (Å²) in [4.78, 5) is 12.0. The molecule has 0 spiro atoms. The molecule has 0 fully saturated rings. The van der Waals surface area contributed by atoms with Crippen LogP contribution in [0.15, 0.2) is 53.0 Å². The summed E-state index contributed by atoms with van der Waals surface area (Å²) >= 11 is 3.41. The second-order valence-electron chi connectivity index (χ2n) is 4.85. The van der Waals surface area contributed by atoms with E-state index in [0.29, 0.717) is 13.0 Å². The average molecular weight is 363 g/mol. The molecule has 2 aromatic carbocycles. The van der Waals surface area contributed by atoms with Crippen molar-refractivity contribution in [1.82, 2.24) is 0 Å². The zero-order valence-corrected chi connectivity index (χ0v) is 14.0. The van der Waals surface area contributed by atoms with E-state index in [9.17, 15) is 4.79 Å². The fourth-order valence-electron chi connectivity index (χ4n) is 2.01. The molecule has 0 heterocycles. The molecule has 0 aliphatic rings. The van der Waals surface area contributed by atoms with Crippen LogP contribution < -0.4 is 10.6 Å². The minimum absolute atomic E-state index is 0.0295. The second-order valence-corrected chi connectivity index (χ2v) is 5.77. The highest BCUT2D eigenvalue weighted by atomic mass is 79.9. The van der Waals surface area contributed by atoms with Crippen LogP contribution in [0.25, 0.3) is 0 Å². The first-order valence-corrected chi connectivity index (χ1v) is 7.84. The normalized spacial score (nSPS) is 10.3. The number of rotatable bonds is 7. The van der Waals surface area contributed by atoms with Gasteiger partial charge in [0, 0.05) is 29.5 Å². The van der Waals surface area contributed by atoms with Gasteiger partial charge in [0.15, 0.2) is 0 Å². The van der Waals surface area contributed by atoms with Crippen LogP contribution in [0.1, 0.15) is 5.56 Å². The number of hydrogen-bond donors (Lipinski definition) is 2. The highest BCUT2D eigenvalue weighted by molar-refractivity contribution is 9.10. The molecule has 4 nitrogen and oxygen atoms in total. The van der Waals surface area contributed by atoms with Crippen LogP contribution in [0.3, 0.4) is 0 Å². The Bertz CT molecular complexity index is 614. The summed E-state index contributed by atoms with van der Waals surface area (Å²) in [6.45, 7) is 1.41. The van der Waals surface area contributed by atoms with E-state index in [0.717, 1.165) is 28.0 Å². The number of halogens is 1. The first-order valence-electron chi connectivity index (χ1n) is 7.04. The van der Waals surface area contributed by atoms with Gasteiger partial charge in [-0.1, -0.05) is 28.1 Å². The number of nitrogens with one attached hydrogen (secondary N) is 2. The van der Waals surface area contributed by atoms with E-state index < -0.39 is 0 Å².